The van der Waals surface area contributed by atoms with E-state index < -0.39 is 6.04 Å². The standard InChI is InChI=1S/C19H20N2O3/c1-14-8-10-16(11-9-14)21-15(2)18(22)20(19(21)23)12-13-24-17-6-4-3-5-7-17/h3-11,15H,12-13H2,1-2H3/t15-/m0/s1. The number of nitrogens with zero attached hydrogens (tertiary/aromatic N) is 2. The Labute approximate surface area is 141 Å². The van der Waals surface area contributed by atoms with Gasteiger partial charge in [-0.05, 0) is 38.1 Å². The van der Waals surface area contributed by atoms with Gasteiger partial charge in [-0.15, -0.1) is 0 Å². The Kier molecular flexibility index (Phi) is 4.51. The third-order valence-electron chi connectivity index (χ3n) is 4.09. The summed E-state index contributed by atoms with van der Waals surface area (Å²) < 4.78 is 5.59. The molecule has 0 unspecified atom stereocenters. The highest BCUT2D eigenvalue weighted by Gasteiger charge is 2.42. The van der Waals surface area contributed by atoms with Crippen molar-refractivity contribution < 1.29 is 14.3 Å². The quantitative estimate of drug-likeness (QED) is 0.794. The molecule has 2 aromatic rings. The number of anilines is 1. The fourth-order valence-electron chi connectivity index (χ4n) is 2.74. The minimum absolute atomic E-state index is 0.197. The van der Waals surface area contributed by atoms with Crippen molar-refractivity contribution in [3.63, 3.8) is 0 Å². The second kappa shape index (κ2) is 6.74. The minimum atomic E-state index is -0.503. The van der Waals surface area contributed by atoms with Crippen LogP contribution < -0.4 is 9.64 Å². The highest BCUT2D eigenvalue weighted by Crippen LogP contribution is 2.26. The molecule has 0 bridgehead atoms. The summed E-state index contributed by atoms with van der Waals surface area (Å²) in [6.45, 7) is 4.24. The van der Waals surface area contributed by atoms with E-state index in [0.29, 0.717) is 0 Å². The van der Waals surface area contributed by atoms with Crippen molar-refractivity contribution >= 4 is 17.6 Å². The molecule has 2 aromatic carbocycles. The van der Waals surface area contributed by atoms with Crippen molar-refractivity contribution in [2.45, 2.75) is 19.9 Å². The van der Waals surface area contributed by atoms with Crippen molar-refractivity contribution in [3.8, 4) is 5.75 Å². The Morgan fingerprint density at radius 1 is 1.00 bits per heavy atom. The van der Waals surface area contributed by atoms with E-state index >= 15 is 0 Å². The molecule has 1 aliphatic heterocycles. The molecule has 5 heteroatoms. The van der Waals surface area contributed by atoms with Crippen LogP contribution in [0.5, 0.6) is 5.75 Å². The van der Waals surface area contributed by atoms with Gasteiger partial charge in [0.25, 0.3) is 5.91 Å². The van der Waals surface area contributed by atoms with Crippen LogP contribution in [-0.4, -0.2) is 36.0 Å². The number of ether oxygens (including phenoxy) is 1. The van der Waals surface area contributed by atoms with E-state index in [9.17, 15) is 9.59 Å². The van der Waals surface area contributed by atoms with Gasteiger partial charge < -0.3 is 4.74 Å². The van der Waals surface area contributed by atoms with E-state index in [1.54, 1.807) is 6.92 Å². The third kappa shape index (κ3) is 3.11. The van der Waals surface area contributed by atoms with Crippen LogP contribution in [0.15, 0.2) is 54.6 Å². The Bertz CT molecular complexity index is 728. The van der Waals surface area contributed by atoms with Gasteiger partial charge in [-0.25, -0.2) is 4.79 Å². The predicted octanol–water partition coefficient (Wildman–Crippen LogP) is 3.23. The highest BCUT2D eigenvalue weighted by atomic mass is 16.5. The van der Waals surface area contributed by atoms with Crippen molar-refractivity contribution in [3.05, 3.63) is 60.2 Å². The molecule has 0 aliphatic carbocycles. The first kappa shape index (κ1) is 16.1. The number of carbonyl (C=O) groups excluding carboxylic acids is 2. The maximum atomic E-state index is 12.6. The Balaban J connectivity index is 1.67. The molecule has 0 saturated carbocycles. The maximum absolute atomic E-state index is 12.6. The number of para-hydroxylation sites is 1. The molecule has 124 valence electrons. The van der Waals surface area contributed by atoms with Gasteiger partial charge in [0.1, 0.15) is 18.4 Å². The van der Waals surface area contributed by atoms with Crippen LogP contribution in [0.4, 0.5) is 10.5 Å². The van der Waals surface area contributed by atoms with E-state index in [1.165, 1.54) is 9.80 Å². The van der Waals surface area contributed by atoms with Gasteiger partial charge in [0.05, 0.1) is 6.54 Å². The number of hydrogen-bond acceptors (Lipinski definition) is 3. The molecule has 24 heavy (non-hydrogen) atoms. The zero-order valence-electron chi connectivity index (χ0n) is 13.8. The zero-order valence-corrected chi connectivity index (χ0v) is 13.8. The number of amides is 3. The molecule has 1 saturated heterocycles. The molecule has 0 spiro atoms. The molecular weight excluding hydrogens is 304 g/mol. The second-order valence-electron chi connectivity index (χ2n) is 5.82. The summed E-state index contributed by atoms with van der Waals surface area (Å²) in [5, 5.41) is 0. The van der Waals surface area contributed by atoms with Crippen molar-refractivity contribution in [1.82, 2.24) is 4.90 Å². The molecule has 0 radical (unpaired) electrons. The Morgan fingerprint density at radius 2 is 1.67 bits per heavy atom. The first-order valence-corrected chi connectivity index (χ1v) is 7.97. The second-order valence-corrected chi connectivity index (χ2v) is 5.82. The van der Waals surface area contributed by atoms with Crippen molar-refractivity contribution in [1.29, 1.82) is 0 Å². The molecule has 1 atom stereocenters. The van der Waals surface area contributed by atoms with Crippen LogP contribution in [0.3, 0.4) is 0 Å². The molecule has 1 heterocycles. The Morgan fingerprint density at radius 3 is 2.33 bits per heavy atom. The monoisotopic (exact) mass is 324 g/mol. The van der Waals surface area contributed by atoms with Gasteiger partial charge >= 0.3 is 6.03 Å². The van der Waals surface area contributed by atoms with Crippen LogP contribution in [0.2, 0.25) is 0 Å². The molecule has 1 aliphatic rings. The van der Waals surface area contributed by atoms with Gasteiger partial charge in [0, 0.05) is 5.69 Å². The zero-order chi connectivity index (χ0) is 17.1. The van der Waals surface area contributed by atoms with Crippen molar-refractivity contribution in [2.75, 3.05) is 18.1 Å². The van der Waals surface area contributed by atoms with Crippen LogP contribution in [0.1, 0.15) is 12.5 Å². The first-order valence-electron chi connectivity index (χ1n) is 7.97. The lowest BCUT2D eigenvalue weighted by molar-refractivity contribution is -0.127. The summed E-state index contributed by atoms with van der Waals surface area (Å²) in [4.78, 5) is 27.8. The Hall–Kier alpha value is -2.82. The number of hydrogen-bond donors (Lipinski definition) is 0. The van der Waals surface area contributed by atoms with E-state index in [-0.39, 0.29) is 25.1 Å². The molecule has 3 amide bonds. The van der Waals surface area contributed by atoms with Crippen molar-refractivity contribution in [2.24, 2.45) is 0 Å². The molecular formula is C19H20N2O3. The fraction of sp³-hybridized carbons (Fsp3) is 0.263. The fourth-order valence-corrected chi connectivity index (χ4v) is 2.74. The number of imide groups is 1. The number of aryl methyl sites for hydroxylation is 1. The van der Waals surface area contributed by atoms with Crippen LogP contribution in [0.25, 0.3) is 0 Å². The van der Waals surface area contributed by atoms with E-state index in [2.05, 4.69) is 0 Å². The molecule has 0 aromatic heterocycles. The third-order valence-corrected chi connectivity index (χ3v) is 4.09. The largest absolute Gasteiger partial charge is 0.492 e. The summed E-state index contributed by atoms with van der Waals surface area (Å²) >= 11 is 0. The summed E-state index contributed by atoms with van der Waals surface area (Å²) in [6, 6.07) is 16.1. The van der Waals surface area contributed by atoms with Gasteiger partial charge in [-0.3, -0.25) is 14.6 Å². The highest BCUT2D eigenvalue weighted by molar-refractivity contribution is 6.14. The van der Waals surface area contributed by atoms with Gasteiger partial charge in [0.2, 0.25) is 0 Å². The first-order chi connectivity index (χ1) is 11.6. The topological polar surface area (TPSA) is 49.9 Å². The SMILES string of the molecule is Cc1ccc(N2C(=O)N(CCOc3ccccc3)C(=O)[C@@H]2C)cc1. The maximum Gasteiger partial charge on any atom is 0.332 e. The van der Waals surface area contributed by atoms with Crippen LogP contribution in [-0.2, 0) is 4.79 Å². The van der Waals surface area contributed by atoms with E-state index in [0.717, 1.165) is 17.0 Å². The predicted molar refractivity (Wildman–Crippen MR) is 92.2 cm³/mol. The average molecular weight is 324 g/mol. The van der Waals surface area contributed by atoms with E-state index in [4.69, 9.17) is 4.74 Å². The molecule has 5 nitrogen and oxygen atoms in total. The number of rotatable bonds is 5. The van der Waals surface area contributed by atoms with Crippen LogP contribution >= 0.6 is 0 Å². The van der Waals surface area contributed by atoms with E-state index in [1.807, 2.05) is 61.5 Å². The number of carbonyl (C=O) groups is 2. The number of urea groups is 1. The van der Waals surface area contributed by atoms with Crippen LogP contribution in [0, 0.1) is 6.92 Å². The molecule has 1 fully saturated rings. The lowest BCUT2D eigenvalue weighted by Crippen LogP contribution is -2.36. The smallest absolute Gasteiger partial charge is 0.332 e. The normalized spacial score (nSPS) is 17.5. The summed E-state index contributed by atoms with van der Waals surface area (Å²) in [6.07, 6.45) is 0. The van der Waals surface area contributed by atoms with Gasteiger partial charge in [-0.1, -0.05) is 35.9 Å². The lowest BCUT2D eigenvalue weighted by atomic mass is 10.2. The number of benzene rings is 2. The average Bonchev–Trinajstić information content (AvgIpc) is 2.80. The summed E-state index contributed by atoms with van der Waals surface area (Å²) in [7, 11) is 0. The molecule has 3 rings (SSSR count). The minimum Gasteiger partial charge on any atom is -0.492 e. The lowest BCUT2D eigenvalue weighted by Gasteiger charge is -2.19. The summed E-state index contributed by atoms with van der Waals surface area (Å²) in [5.41, 5.74) is 1.84. The van der Waals surface area contributed by atoms with Gasteiger partial charge in [-0.2, -0.15) is 0 Å². The molecule has 0 N–H and O–H groups in total. The van der Waals surface area contributed by atoms with Gasteiger partial charge in [0.15, 0.2) is 0 Å². The summed E-state index contributed by atoms with van der Waals surface area (Å²) in [5.74, 6) is 0.525.